The van der Waals surface area contributed by atoms with Crippen LogP contribution in [0.4, 0.5) is 0 Å². The molecule has 0 saturated carbocycles. The van der Waals surface area contributed by atoms with E-state index in [2.05, 4.69) is 12.2 Å². The second-order valence-corrected chi connectivity index (χ2v) is 11.2. The van der Waals surface area contributed by atoms with Crippen LogP contribution in [0, 0.1) is 0 Å². The monoisotopic (exact) mass is 558 g/mol. The van der Waals surface area contributed by atoms with Crippen molar-refractivity contribution < 1.29 is 24.2 Å². The molecular formula is C34H56NO5-. The molecular weight excluding hydrogens is 502 g/mol. The molecule has 1 aromatic rings. The quantitative estimate of drug-likeness (QED) is 0.0887. The van der Waals surface area contributed by atoms with E-state index in [1.54, 1.807) is 0 Å². The average Bonchev–Trinajstić information content (AvgIpc) is 2.95. The normalized spacial score (nSPS) is 11.7. The van der Waals surface area contributed by atoms with Crippen LogP contribution < -0.4 is 10.4 Å². The van der Waals surface area contributed by atoms with Crippen LogP contribution >= 0.6 is 0 Å². The molecule has 1 N–H and O–H groups in total. The minimum atomic E-state index is -1.26. The lowest BCUT2D eigenvalue weighted by Crippen LogP contribution is -2.42. The average molecular weight is 559 g/mol. The van der Waals surface area contributed by atoms with Crippen molar-refractivity contribution in [3.8, 4) is 0 Å². The summed E-state index contributed by atoms with van der Waals surface area (Å²) in [7, 11) is 0. The van der Waals surface area contributed by atoms with Crippen LogP contribution in [-0.2, 0) is 25.7 Å². The number of nitrogens with one attached hydrogen (secondary N) is 1. The molecule has 0 aliphatic rings. The molecule has 1 rings (SSSR count). The summed E-state index contributed by atoms with van der Waals surface area (Å²) in [5.41, 5.74) is 0.829. The number of rotatable bonds is 27. The summed E-state index contributed by atoms with van der Waals surface area (Å²) in [6.45, 7) is 2.35. The van der Waals surface area contributed by atoms with E-state index in [1.165, 1.54) is 103 Å². The number of ether oxygens (including phenoxy) is 1. The van der Waals surface area contributed by atoms with Gasteiger partial charge in [0.1, 0.15) is 12.6 Å². The Kier molecular flexibility index (Phi) is 22.8. The second kappa shape index (κ2) is 25.6. The third-order valence-electron chi connectivity index (χ3n) is 7.49. The van der Waals surface area contributed by atoms with Gasteiger partial charge < -0.3 is 20.0 Å². The summed E-state index contributed by atoms with van der Waals surface area (Å²) in [6.07, 6.45) is 24.6. The number of esters is 1. The highest BCUT2D eigenvalue weighted by Crippen LogP contribution is 2.15. The Morgan fingerprint density at radius 3 is 1.57 bits per heavy atom. The molecule has 0 unspecified atom stereocenters. The molecule has 0 bridgehead atoms. The number of carbonyl (C=O) groups excluding carboxylic acids is 3. The maximum atomic E-state index is 12.5. The molecule has 0 aromatic heterocycles. The molecule has 0 fully saturated rings. The van der Waals surface area contributed by atoms with Crippen molar-refractivity contribution >= 4 is 17.8 Å². The van der Waals surface area contributed by atoms with Gasteiger partial charge in [-0.25, -0.2) is 4.79 Å². The lowest BCUT2D eigenvalue weighted by molar-refractivity contribution is -0.305. The van der Waals surface area contributed by atoms with E-state index >= 15 is 0 Å². The van der Waals surface area contributed by atoms with Gasteiger partial charge >= 0.3 is 5.97 Å². The Bertz CT molecular complexity index is 767. The number of carboxylic acids is 1. The van der Waals surface area contributed by atoms with Crippen molar-refractivity contribution in [3.63, 3.8) is 0 Å². The molecule has 228 valence electrons. The van der Waals surface area contributed by atoms with Crippen LogP contribution in [0.25, 0.3) is 0 Å². The minimum Gasteiger partial charge on any atom is -0.550 e. The van der Waals surface area contributed by atoms with E-state index in [-0.39, 0.29) is 25.4 Å². The summed E-state index contributed by atoms with van der Waals surface area (Å²) >= 11 is 0. The van der Waals surface area contributed by atoms with Crippen LogP contribution in [0.5, 0.6) is 0 Å². The van der Waals surface area contributed by atoms with E-state index in [4.69, 9.17) is 4.74 Å². The van der Waals surface area contributed by atoms with Gasteiger partial charge in [-0.15, -0.1) is 0 Å². The van der Waals surface area contributed by atoms with Gasteiger partial charge in [-0.2, -0.15) is 0 Å². The van der Waals surface area contributed by atoms with Crippen LogP contribution in [-0.4, -0.2) is 23.9 Å². The Balaban J connectivity index is 2.01. The van der Waals surface area contributed by atoms with Gasteiger partial charge in [-0.05, 0) is 24.8 Å². The first-order chi connectivity index (χ1) is 19.5. The van der Waals surface area contributed by atoms with Crippen molar-refractivity contribution in [1.29, 1.82) is 0 Å². The zero-order valence-corrected chi connectivity index (χ0v) is 25.3. The predicted molar refractivity (Wildman–Crippen MR) is 160 cm³/mol. The molecule has 0 aliphatic carbocycles. The van der Waals surface area contributed by atoms with Gasteiger partial charge in [-0.1, -0.05) is 153 Å². The Hall–Kier alpha value is -2.37. The largest absolute Gasteiger partial charge is 0.550 e. The fourth-order valence-corrected chi connectivity index (χ4v) is 4.97. The van der Waals surface area contributed by atoms with Crippen molar-refractivity contribution in [3.05, 3.63) is 35.9 Å². The highest BCUT2D eigenvalue weighted by atomic mass is 16.5. The zero-order valence-electron chi connectivity index (χ0n) is 25.3. The molecule has 0 heterocycles. The summed E-state index contributed by atoms with van der Waals surface area (Å²) in [5, 5.41) is 13.5. The van der Waals surface area contributed by atoms with Crippen molar-refractivity contribution in [1.82, 2.24) is 5.32 Å². The van der Waals surface area contributed by atoms with E-state index in [1.807, 2.05) is 30.3 Å². The van der Waals surface area contributed by atoms with E-state index in [0.29, 0.717) is 6.42 Å². The third kappa shape index (κ3) is 21.5. The summed E-state index contributed by atoms with van der Waals surface area (Å²) in [4.78, 5) is 35.7. The zero-order chi connectivity index (χ0) is 29.1. The number of unbranched alkanes of at least 4 members (excludes halogenated alkanes) is 18. The number of hydrogen-bond acceptors (Lipinski definition) is 5. The maximum absolute atomic E-state index is 12.5. The highest BCUT2D eigenvalue weighted by Gasteiger charge is 2.22. The first kappa shape index (κ1) is 35.7. The van der Waals surface area contributed by atoms with Crippen molar-refractivity contribution in [2.45, 2.75) is 161 Å². The van der Waals surface area contributed by atoms with E-state index in [9.17, 15) is 19.5 Å². The topological polar surface area (TPSA) is 95.5 Å². The van der Waals surface area contributed by atoms with Crippen molar-refractivity contribution in [2.75, 3.05) is 0 Å². The number of carbonyl (C=O) groups is 3. The van der Waals surface area contributed by atoms with Gasteiger partial charge in [-0.3, -0.25) is 4.79 Å². The Morgan fingerprint density at radius 1 is 0.675 bits per heavy atom. The van der Waals surface area contributed by atoms with Crippen molar-refractivity contribution in [2.24, 2.45) is 0 Å². The first-order valence-electron chi connectivity index (χ1n) is 16.2. The number of hydrogen-bond donors (Lipinski definition) is 1. The smallest absolute Gasteiger partial charge is 0.328 e. The lowest BCUT2D eigenvalue weighted by atomic mass is 10.0. The molecule has 0 saturated heterocycles. The third-order valence-corrected chi connectivity index (χ3v) is 7.49. The molecule has 1 atom stereocenters. The van der Waals surface area contributed by atoms with Crippen LogP contribution in [0.3, 0.4) is 0 Å². The molecule has 0 aliphatic heterocycles. The lowest BCUT2D eigenvalue weighted by Gasteiger charge is -2.18. The molecule has 0 radical (unpaired) electrons. The molecule has 1 amide bonds. The van der Waals surface area contributed by atoms with Gasteiger partial charge in [0.05, 0.1) is 0 Å². The summed E-state index contributed by atoms with van der Waals surface area (Å²) < 4.78 is 5.30. The van der Waals surface area contributed by atoms with Gasteiger partial charge in [0.25, 0.3) is 0 Å². The predicted octanol–water partition coefficient (Wildman–Crippen LogP) is 7.57. The fraction of sp³-hybridized carbons (Fsp3) is 0.735. The molecule has 1 aromatic carbocycles. The second-order valence-electron chi connectivity index (χ2n) is 11.2. The molecule has 40 heavy (non-hydrogen) atoms. The summed E-state index contributed by atoms with van der Waals surface area (Å²) in [6, 6.07) is 8.25. The van der Waals surface area contributed by atoms with Crippen LogP contribution in [0.2, 0.25) is 0 Å². The number of carboxylic acid groups (broad SMARTS) is 1. The van der Waals surface area contributed by atoms with E-state index < -0.39 is 18.0 Å². The highest BCUT2D eigenvalue weighted by molar-refractivity contribution is 5.84. The van der Waals surface area contributed by atoms with Crippen LogP contribution in [0.1, 0.15) is 154 Å². The number of aliphatic carboxylic acids is 1. The summed E-state index contributed by atoms with van der Waals surface area (Å²) in [5.74, 6) is -2.12. The molecule has 0 spiro atoms. The number of benzene rings is 1. The van der Waals surface area contributed by atoms with Crippen LogP contribution in [0.15, 0.2) is 30.3 Å². The molecule has 6 nitrogen and oxygen atoms in total. The molecule has 6 heteroatoms. The SMILES string of the molecule is CCCCCCCCCCCCCCCCCCCCCC(=O)N[C@H](CCC(=O)[O-])C(=O)OCc1ccccc1. The van der Waals surface area contributed by atoms with Gasteiger partial charge in [0.2, 0.25) is 5.91 Å². The van der Waals surface area contributed by atoms with Gasteiger partial charge in [0, 0.05) is 12.4 Å². The van der Waals surface area contributed by atoms with Gasteiger partial charge in [0.15, 0.2) is 0 Å². The standard InChI is InChI=1S/C34H57NO5/c1-2-3-4-5-6-7-8-9-10-11-12-13-14-15-16-17-18-19-23-26-32(36)35-31(27-28-33(37)38)34(39)40-29-30-24-21-20-22-25-30/h20-22,24-25,31H,2-19,23,26-29H2,1H3,(H,35,36)(H,37,38)/p-1/t31-/m1/s1. The van der Waals surface area contributed by atoms with E-state index in [0.717, 1.165) is 24.8 Å². The first-order valence-corrected chi connectivity index (χ1v) is 16.2. The Labute approximate surface area is 244 Å². The fourth-order valence-electron chi connectivity index (χ4n) is 4.97. The Morgan fingerprint density at radius 2 is 1.12 bits per heavy atom. The minimum absolute atomic E-state index is 0.0408. The maximum Gasteiger partial charge on any atom is 0.328 e. The number of amides is 1.